The normalized spacial score (nSPS) is 13.0. The Labute approximate surface area is 309 Å². The van der Waals surface area contributed by atoms with Crippen molar-refractivity contribution in [2.45, 2.75) is 79.1 Å². The molecule has 0 saturated carbocycles. The predicted octanol–water partition coefficient (Wildman–Crippen LogP) is 11.0. The van der Waals surface area contributed by atoms with Gasteiger partial charge >= 0.3 is 0 Å². The van der Waals surface area contributed by atoms with Crippen LogP contribution in [0.2, 0.25) is 0 Å². The van der Waals surface area contributed by atoms with E-state index in [-0.39, 0.29) is 0 Å². The van der Waals surface area contributed by atoms with Gasteiger partial charge in [0.1, 0.15) is 23.0 Å². The van der Waals surface area contributed by atoms with Crippen molar-refractivity contribution in [1.82, 2.24) is 0 Å². The van der Waals surface area contributed by atoms with Crippen LogP contribution in [0.15, 0.2) is 96.0 Å². The summed E-state index contributed by atoms with van der Waals surface area (Å²) < 4.78 is 26.9. The summed E-state index contributed by atoms with van der Waals surface area (Å²) in [4.78, 5) is 5.47. The molecule has 0 saturated heterocycles. The molecule has 0 amide bonds. The number of aliphatic imine (C=N–C) groups is 1. The van der Waals surface area contributed by atoms with Crippen LogP contribution in [0.4, 0.5) is 5.69 Å². The van der Waals surface area contributed by atoms with E-state index in [9.17, 15) is 0 Å². The Morgan fingerprint density at radius 3 is 1.37 bits per heavy atom. The Morgan fingerprint density at radius 1 is 0.423 bits per heavy atom. The largest absolute Gasteiger partial charge is 0.493 e. The van der Waals surface area contributed by atoms with Crippen LogP contribution in [0.1, 0.15) is 109 Å². The Balaban J connectivity index is 1.54. The molecule has 268 valence electrons. The first-order valence-corrected chi connectivity index (χ1v) is 19.3. The Morgan fingerprint density at radius 2 is 0.865 bits per heavy atom. The molecule has 0 fully saturated rings. The van der Waals surface area contributed by atoms with Gasteiger partial charge in [0.05, 0.1) is 37.8 Å². The van der Waals surface area contributed by atoms with Gasteiger partial charge < -0.3 is 18.9 Å². The number of rotatable bonds is 13. The quantitative estimate of drug-likeness (QED) is 0.121. The van der Waals surface area contributed by atoms with E-state index in [1.165, 1.54) is 5.56 Å². The molecule has 5 heteroatoms. The molecule has 0 aromatic heterocycles. The molecule has 1 aliphatic carbocycles. The minimum atomic E-state index is 0.624. The molecule has 2 aliphatic rings. The van der Waals surface area contributed by atoms with E-state index in [1.807, 2.05) is 0 Å². The average molecular weight is 694 g/mol. The molecule has 0 N–H and O–H groups in total. The minimum Gasteiger partial charge on any atom is -0.493 e. The summed E-state index contributed by atoms with van der Waals surface area (Å²) in [6.07, 6.45) is 6.40. The zero-order valence-corrected chi connectivity index (χ0v) is 31.2. The van der Waals surface area contributed by atoms with Crippen molar-refractivity contribution in [2.24, 2.45) is 4.99 Å². The van der Waals surface area contributed by atoms with Gasteiger partial charge in [-0.1, -0.05) is 113 Å². The molecular formula is C47H51NO4. The van der Waals surface area contributed by atoms with E-state index < -0.39 is 0 Å². The number of hydrogen-bond donors (Lipinski definition) is 0. The van der Waals surface area contributed by atoms with Crippen LogP contribution in [-0.2, 0) is 25.7 Å². The molecule has 1 aliphatic heterocycles. The van der Waals surface area contributed by atoms with Crippen molar-refractivity contribution < 1.29 is 18.9 Å². The first-order chi connectivity index (χ1) is 25.6. The number of ether oxygens (including phenoxy) is 4. The van der Waals surface area contributed by atoms with Gasteiger partial charge in [0, 0.05) is 47.9 Å². The minimum absolute atomic E-state index is 0.624. The molecule has 52 heavy (non-hydrogen) atoms. The SMILES string of the molecule is CCCOc1c2cccc1Cc1ccc3c(c1OCCC)Cc1c(ccc(c1OCCC)Cc1cccc(c1OCCC)C2)C(c1ccccc1)=N3. The molecular weight excluding hydrogens is 643 g/mol. The van der Waals surface area contributed by atoms with Crippen LogP contribution >= 0.6 is 0 Å². The topological polar surface area (TPSA) is 49.3 Å². The summed E-state index contributed by atoms with van der Waals surface area (Å²) in [5.41, 5.74) is 13.2. The first-order valence-electron chi connectivity index (χ1n) is 19.3. The fourth-order valence-electron chi connectivity index (χ4n) is 7.46. The maximum absolute atomic E-state index is 6.83. The molecule has 7 rings (SSSR count). The maximum atomic E-state index is 6.83. The number of para-hydroxylation sites is 2. The monoisotopic (exact) mass is 693 g/mol. The van der Waals surface area contributed by atoms with Crippen molar-refractivity contribution >= 4 is 11.4 Å². The average Bonchev–Trinajstić information content (AvgIpc) is 3.34. The fraction of sp³-hybridized carbons (Fsp3) is 0.340. The van der Waals surface area contributed by atoms with Crippen molar-refractivity contribution in [3.8, 4) is 23.0 Å². The van der Waals surface area contributed by atoms with Crippen molar-refractivity contribution in [1.29, 1.82) is 0 Å². The molecule has 0 atom stereocenters. The Hall–Kier alpha value is -5.03. The molecule has 5 aromatic rings. The number of fused-ring (bicyclic) bond motifs is 6. The van der Waals surface area contributed by atoms with Crippen LogP contribution < -0.4 is 18.9 Å². The van der Waals surface area contributed by atoms with Gasteiger partial charge in [-0.15, -0.1) is 0 Å². The summed E-state index contributed by atoms with van der Waals surface area (Å²) >= 11 is 0. The zero-order valence-electron chi connectivity index (χ0n) is 31.2. The lowest BCUT2D eigenvalue weighted by molar-refractivity contribution is 0.305. The van der Waals surface area contributed by atoms with E-state index in [0.29, 0.717) is 52.1 Å². The van der Waals surface area contributed by atoms with Crippen LogP contribution in [-0.4, -0.2) is 32.1 Å². The molecule has 5 aromatic carbocycles. The Bertz CT molecular complexity index is 2050. The van der Waals surface area contributed by atoms with E-state index in [4.69, 9.17) is 23.9 Å². The van der Waals surface area contributed by atoms with Gasteiger partial charge in [-0.25, -0.2) is 4.99 Å². The predicted molar refractivity (Wildman–Crippen MR) is 212 cm³/mol. The zero-order chi connectivity index (χ0) is 35.9. The van der Waals surface area contributed by atoms with Crippen LogP contribution in [0.3, 0.4) is 0 Å². The fourth-order valence-corrected chi connectivity index (χ4v) is 7.46. The van der Waals surface area contributed by atoms with Crippen molar-refractivity contribution in [2.75, 3.05) is 26.4 Å². The lowest BCUT2D eigenvalue weighted by Crippen LogP contribution is -2.12. The third-order valence-electron chi connectivity index (χ3n) is 9.85. The van der Waals surface area contributed by atoms with Crippen LogP contribution in [0.5, 0.6) is 23.0 Å². The second-order valence-electron chi connectivity index (χ2n) is 13.9. The Kier molecular flexibility index (Phi) is 11.3. The summed E-state index contributed by atoms with van der Waals surface area (Å²) in [6, 6.07) is 32.6. The van der Waals surface area contributed by atoms with Crippen molar-refractivity contribution in [3.63, 3.8) is 0 Å². The molecule has 1 heterocycles. The summed E-state index contributed by atoms with van der Waals surface area (Å²) in [5, 5.41) is 0. The van der Waals surface area contributed by atoms with Gasteiger partial charge in [0.2, 0.25) is 0 Å². The van der Waals surface area contributed by atoms with Gasteiger partial charge in [-0.2, -0.15) is 0 Å². The molecule has 0 spiro atoms. The molecule has 0 unspecified atom stereocenters. The van der Waals surface area contributed by atoms with Gasteiger partial charge in [0.25, 0.3) is 0 Å². The number of nitrogens with zero attached hydrogens (tertiary/aromatic N) is 1. The third kappa shape index (κ3) is 7.32. The highest BCUT2D eigenvalue weighted by Crippen LogP contribution is 2.45. The maximum Gasteiger partial charge on any atom is 0.128 e. The highest BCUT2D eigenvalue weighted by Gasteiger charge is 2.28. The number of benzene rings is 5. The van der Waals surface area contributed by atoms with Crippen LogP contribution in [0.25, 0.3) is 0 Å². The number of hydrogen-bond acceptors (Lipinski definition) is 5. The van der Waals surface area contributed by atoms with Crippen molar-refractivity contribution in [3.05, 3.63) is 147 Å². The highest BCUT2D eigenvalue weighted by atomic mass is 16.5. The lowest BCUT2D eigenvalue weighted by atomic mass is 9.88. The van der Waals surface area contributed by atoms with Crippen LogP contribution in [0, 0.1) is 0 Å². The van der Waals surface area contributed by atoms with E-state index in [0.717, 1.165) is 110 Å². The highest BCUT2D eigenvalue weighted by molar-refractivity contribution is 6.15. The lowest BCUT2D eigenvalue weighted by Gasteiger charge is -2.23. The second-order valence-corrected chi connectivity index (χ2v) is 13.9. The van der Waals surface area contributed by atoms with E-state index in [1.54, 1.807) is 0 Å². The molecule has 8 bridgehead atoms. The van der Waals surface area contributed by atoms with Gasteiger partial charge in [0.15, 0.2) is 0 Å². The van der Waals surface area contributed by atoms with E-state index >= 15 is 0 Å². The molecule has 5 nitrogen and oxygen atoms in total. The first kappa shape index (κ1) is 35.4. The summed E-state index contributed by atoms with van der Waals surface area (Å²) in [6.45, 7) is 11.2. The molecule has 0 radical (unpaired) electrons. The summed E-state index contributed by atoms with van der Waals surface area (Å²) in [5.74, 6) is 3.80. The van der Waals surface area contributed by atoms with E-state index in [2.05, 4.69) is 119 Å². The smallest absolute Gasteiger partial charge is 0.128 e. The standard InChI is InChI=1S/C47H51NO4/c1-5-24-49-44-33-16-12-18-35(44)29-37-20-22-39-40(46(37)51-26-7-3)31-41-42(48-43(39)32-14-10-9-11-15-32)23-21-38(47(41)52-27-8-4)30-36-19-13-17-34(28-33)45(36)50-25-6-2/h9-23H,5-8,24-31H2,1-4H3. The third-order valence-corrected chi connectivity index (χ3v) is 9.85. The van der Waals surface area contributed by atoms with Gasteiger partial charge in [-0.05, 0) is 65.1 Å². The summed E-state index contributed by atoms with van der Waals surface area (Å²) in [7, 11) is 0. The van der Waals surface area contributed by atoms with Gasteiger partial charge in [-0.3, -0.25) is 0 Å². The second kappa shape index (κ2) is 16.5.